The first kappa shape index (κ1) is 12.9. The molecule has 18 heavy (non-hydrogen) atoms. The molecule has 0 aromatic rings. The molecular weight excluding hydrogens is 222 g/mol. The van der Waals surface area contributed by atoms with Gasteiger partial charge in [0.15, 0.2) is 0 Å². The Balaban J connectivity index is 1.55. The highest BCUT2D eigenvalue weighted by Crippen LogP contribution is 2.39. The van der Waals surface area contributed by atoms with Crippen molar-refractivity contribution in [2.75, 3.05) is 6.61 Å². The second-order valence-corrected chi connectivity index (χ2v) is 7.00. The Labute approximate surface area is 112 Å². The lowest BCUT2D eigenvalue weighted by Crippen LogP contribution is -2.51. The maximum atomic E-state index is 9.13. The minimum atomic E-state index is 0.399. The standard InChI is InChI=1S/C16H29NO/c18-11-12-9-15(10-12)17-16(13-5-1-2-6-13)14-7-3-4-8-14/h12-18H,1-11H2. The molecule has 0 unspecified atom stereocenters. The lowest BCUT2D eigenvalue weighted by atomic mass is 9.78. The van der Waals surface area contributed by atoms with Crippen molar-refractivity contribution in [1.29, 1.82) is 0 Å². The molecule has 0 radical (unpaired) electrons. The van der Waals surface area contributed by atoms with E-state index in [1.807, 2.05) is 0 Å². The van der Waals surface area contributed by atoms with E-state index < -0.39 is 0 Å². The Bertz CT molecular complexity index is 234. The van der Waals surface area contributed by atoms with Crippen LogP contribution < -0.4 is 5.32 Å². The fraction of sp³-hybridized carbons (Fsp3) is 1.00. The van der Waals surface area contributed by atoms with Crippen molar-refractivity contribution in [3.05, 3.63) is 0 Å². The summed E-state index contributed by atoms with van der Waals surface area (Å²) < 4.78 is 0. The van der Waals surface area contributed by atoms with Crippen molar-refractivity contribution in [2.24, 2.45) is 17.8 Å². The van der Waals surface area contributed by atoms with Crippen LogP contribution in [0.25, 0.3) is 0 Å². The summed E-state index contributed by atoms with van der Waals surface area (Å²) in [5.41, 5.74) is 0. The quantitative estimate of drug-likeness (QED) is 0.787. The van der Waals surface area contributed by atoms with Crippen LogP contribution in [-0.2, 0) is 0 Å². The first-order valence-corrected chi connectivity index (χ1v) is 8.23. The third-order valence-corrected chi connectivity index (χ3v) is 5.74. The Morgan fingerprint density at radius 3 is 1.83 bits per heavy atom. The van der Waals surface area contributed by atoms with Gasteiger partial charge >= 0.3 is 0 Å². The van der Waals surface area contributed by atoms with Gasteiger partial charge < -0.3 is 10.4 Å². The van der Waals surface area contributed by atoms with Crippen molar-refractivity contribution < 1.29 is 5.11 Å². The Hall–Kier alpha value is -0.0800. The molecule has 0 aromatic carbocycles. The predicted octanol–water partition coefficient (Wildman–Crippen LogP) is 3.10. The first-order valence-electron chi connectivity index (χ1n) is 8.23. The van der Waals surface area contributed by atoms with Crippen LogP contribution in [-0.4, -0.2) is 23.8 Å². The molecule has 2 heteroatoms. The number of hydrogen-bond donors (Lipinski definition) is 2. The molecule has 3 aliphatic rings. The van der Waals surface area contributed by atoms with Crippen LogP contribution in [0.1, 0.15) is 64.2 Å². The SMILES string of the molecule is OCC1CC(NC(C2CCCC2)C2CCCC2)C1. The minimum Gasteiger partial charge on any atom is -0.396 e. The van der Waals surface area contributed by atoms with Crippen LogP contribution in [0, 0.1) is 17.8 Å². The van der Waals surface area contributed by atoms with E-state index in [2.05, 4.69) is 5.32 Å². The zero-order chi connectivity index (χ0) is 12.4. The van der Waals surface area contributed by atoms with Crippen LogP contribution in [0.15, 0.2) is 0 Å². The normalized spacial score (nSPS) is 34.3. The molecule has 3 fully saturated rings. The van der Waals surface area contributed by atoms with Crippen molar-refractivity contribution in [1.82, 2.24) is 5.32 Å². The van der Waals surface area contributed by atoms with E-state index in [-0.39, 0.29) is 0 Å². The molecule has 2 N–H and O–H groups in total. The topological polar surface area (TPSA) is 32.3 Å². The number of aliphatic hydroxyl groups excluding tert-OH is 1. The van der Waals surface area contributed by atoms with Gasteiger partial charge in [-0.2, -0.15) is 0 Å². The summed E-state index contributed by atoms with van der Waals surface area (Å²) in [6.45, 7) is 0.399. The highest BCUT2D eigenvalue weighted by Gasteiger charge is 2.37. The third kappa shape index (κ3) is 2.75. The number of aliphatic hydroxyl groups is 1. The summed E-state index contributed by atoms with van der Waals surface area (Å²) in [7, 11) is 0. The van der Waals surface area contributed by atoms with Gasteiger partial charge in [0.05, 0.1) is 0 Å². The fourth-order valence-corrected chi connectivity index (χ4v) is 4.58. The molecule has 0 saturated heterocycles. The summed E-state index contributed by atoms with van der Waals surface area (Å²) in [5.74, 6) is 2.51. The smallest absolute Gasteiger partial charge is 0.0460 e. The minimum absolute atomic E-state index is 0.399. The average molecular weight is 251 g/mol. The second kappa shape index (κ2) is 5.92. The summed E-state index contributed by atoms with van der Waals surface area (Å²) in [5, 5.41) is 13.1. The van der Waals surface area contributed by atoms with Crippen LogP contribution in [0.2, 0.25) is 0 Å². The molecule has 0 atom stereocenters. The monoisotopic (exact) mass is 251 g/mol. The van der Waals surface area contributed by atoms with E-state index in [1.54, 1.807) is 0 Å². The van der Waals surface area contributed by atoms with Gasteiger partial charge in [0, 0.05) is 18.7 Å². The van der Waals surface area contributed by atoms with Crippen LogP contribution >= 0.6 is 0 Å². The van der Waals surface area contributed by atoms with E-state index in [0.29, 0.717) is 18.6 Å². The maximum Gasteiger partial charge on any atom is 0.0460 e. The number of hydrogen-bond acceptors (Lipinski definition) is 2. The van der Waals surface area contributed by atoms with Gasteiger partial charge in [-0.15, -0.1) is 0 Å². The molecule has 3 saturated carbocycles. The molecule has 0 aliphatic heterocycles. The zero-order valence-electron chi connectivity index (χ0n) is 11.6. The van der Waals surface area contributed by atoms with Crippen molar-refractivity contribution in [3.8, 4) is 0 Å². The van der Waals surface area contributed by atoms with Gasteiger partial charge in [-0.25, -0.2) is 0 Å². The van der Waals surface area contributed by atoms with E-state index in [9.17, 15) is 0 Å². The molecule has 0 bridgehead atoms. The summed E-state index contributed by atoms with van der Waals surface area (Å²) in [6, 6.07) is 1.52. The number of rotatable bonds is 5. The number of nitrogens with one attached hydrogen (secondary N) is 1. The molecule has 0 aromatic heterocycles. The summed E-state index contributed by atoms with van der Waals surface area (Å²) in [4.78, 5) is 0. The van der Waals surface area contributed by atoms with Gasteiger partial charge in [-0.05, 0) is 56.3 Å². The lowest BCUT2D eigenvalue weighted by Gasteiger charge is -2.41. The molecule has 3 aliphatic carbocycles. The Morgan fingerprint density at radius 2 is 1.39 bits per heavy atom. The lowest BCUT2D eigenvalue weighted by molar-refractivity contribution is 0.103. The van der Waals surface area contributed by atoms with Crippen molar-refractivity contribution in [3.63, 3.8) is 0 Å². The van der Waals surface area contributed by atoms with E-state index in [0.717, 1.165) is 17.9 Å². The van der Waals surface area contributed by atoms with E-state index in [4.69, 9.17) is 5.11 Å². The Morgan fingerprint density at radius 1 is 0.889 bits per heavy atom. The summed E-state index contributed by atoms with van der Waals surface area (Å²) >= 11 is 0. The predicted molar refractivity (Wildman–Crippen MR) is 74.4 cm³/mol. The van der Waals surface area contributed by atoms with Gasteiger partial charge in [0.1, 0.15) is 0 Å². The van der Waals surface area contributed by atoms with Gasteiger partial charge in [-0.3, -0.25) is 0 Å². The van der Waals surface area contributed by atoms with Crippen LogP contribution in [0.5, 0.6) is 0 Å². The molecular formula is C16H29NO. The fourth-order valence-electron chi connectivity index (χ4n) is 4.58. The highest BCUT2D eigenvalue weighted by molar-refractivity contribution is 4.94. The van der Waals surface area contributed by atoms with Crippen molar-refractivity contribution >= 4 is 0 Å². The summed E-state index contributed by atoms with van der Waals surface area (Å²) in [6.07, 6.45) is 14.1. The molecule has 0 amide bonds. The van der Waals surface area contributed by atoms with Gasteiger partial charge in [-0.1, -0.05) is 25.7 Å². The van der Waals surface area contributed by atoms with E-state index >= 15 is 0 Å². The van der Waals surface area contributed by atoms with Gasteiger partial charge in [0.25, 0.3) is 0 Å². The van der Waals surface area contributed by atoms with Crippen LogP contribution in [0.3, 0.4) is 0 Å². The highest BCUT2D eigenvalue weighted by atomic mass is 16.3. The first-order chi connectivity index (χ1) is 8.86. The molecule has 0 heterocycles. The third-order valence-electron chi connectivity index (χ3n) is 5.74. The second-order valence-electron chi connectivity index (χ2n) is 7.00. The van der Waals surface area contributed by atoms with Gasteiger partial charge in [0.2, 0.25) is 0 Å². The molecule has 0 spiro atoms. The molecule has 104 valence electrons. The van der Waals surface area contributed by atoms with Crippen LogP contribution in [0.4, 0.5) is 0 Å². The Kier molecular flexibility index (Phi) is 4.25. The maximum absolute atomic E-state index is 9.13. The van der Waals surface area contributed by atoms with E-state index in [1.165, 1.54) is 64.2 Å². The zero-order valence-corrected chi connectivity index (χ0v) is 11.6. The molecule has 2 nitrogen and oxygen atoms in total. The molecule has 3 rings (SSSR count). The largest absolute Gasteiger partial charge is 0.396 e. The van der Waals surface area contributed by atoms with Crippen molar-refractivity contribution in [2.45, 2.75) is 76.3 Å². The average Bonchev–Trinajstić information content (AvgIpc) is 3.00.